The van der Waals surface area contributed by atoms with Crippen molar-refractivity contribution in [3.05, 3.63) is 0 Å². The highest BCUT2D eigenvalue weighted by molar-refractivity contribution is 5.82. The smallest absolute Gasteiger partial charge is 0.315 e. The molecule has 1 unspecified atom stereocenters. The number of carbonyl (C=O) groups excluding carboxylic acids is 2. The monoisotopic (exact) mass is 285 g/mol. The Bertz CT molecular complexity index is 406. The van der Waals surface area contributed by atoms with Gasteiger partial charge < -0.3 is 25.8 Å². The van der Waals surface area contributed by atoms with E-state index in [0.717, 1.165) is 0 Å². The van der Waals surface area contributed by atoms with Gasteiger partial charge in [0.1, 0.15) is 0 Å². The highest BCUT2D eigenvalue weighted by atomic mass is 16.5. The van der Waals surface area contributed by atoms with E-state index in [1.807, 2.05) is 0 Å². The number of aliphatic carboxylic acids is 1. The average molecular weight is 285 g/mol. The molecule has 1 atom stereocenters. The Labute approximate surface area is 116 Å². The van der Waals surface area contributed by atoms with Crippen LogP contribution in [0, 0.1) is 5.41 Å². The maximum Gasteiger partial charge on any atom is 0.315 e. The number of amides is 3. The number of ether oxygens (including phenoxy) is 1. The second kappa shape index (κ2) is 6.08. The van der Waals surface area contributed by atoms with Gasteiger partial charge in [0.05, 0.1) is 11.5 Å². The van der Waals surface area contributed by atoms with E-state index < -0.39 is 17.4 Å². The Morgan fingerprint density at radius 2 is 2.10 bits per heavy atom. The first-order valence-electron chi connectivity index (χ1n) is 6.64. The van der Waals surface area contributed by atoms with Gasteiger partial charge in [0, 0.05) is 32.7 Å². The number of carbonyl (C=O) groups is 3. The van der Waals surface area contributed by atoms with E-state index >= 15 is 0 Å². The molecule has 8 nitrogen and oxygen atoms in total. The van der Waals surface area contributed by atoms with Crippen molar-refractivity contribution in [2.45, 2.75) is 25.3 Å². The van der Waals surface area contributed by atoms with Gasteiger partial charge in [-0.3, -0.25) is 9.59 Å². The Hall–Kier alpha value is -1.83. The molecule has 0 aromatic rings. The number of carboxylic acids is 1. The summed E-state index contributed by atoms with van der Waals surface area (Å²) in [6.07, 6.45) is 1.02. The number of carboxylic acid groups (broad SMARTS) is 1. The Morgan fingerprint density at radius 1 is 1.40 bits per heavy atom. The van der Waals surface area contributed by atoms with E-state index in [-0.39, 0.29) is 24.9 Å². The lowest BCUT2D eigenvalue weighted by molar-refractivity contribution is -0.154. The van der Waals surface area contributed by atoms with E-state index in [9.17, 15) is 19.5 Å². The van der Waals surface area contributed by atoms with Crippen LogP contribution in [0.25, 0.3) is 0 Å². The number of hydrogen-bond donors (Lipinski definition) is 4. The molecule has 0 saturated carbocycles. The highest BCUT2D eigenvalue weighted by Gasteiger charge is 2.40. The molecular weight excluding hydrogens is 266 g/mol. The summed E-state index contributed by atoms with van der Waals surface area (Å²) in [5.74, 6) is -1.01. The topological polar surface area (TPSA) is 117 Å². The molecule has 2 fully saturated rings. The fourth-order valence-electron chi connectivity index (χ4n) is 2.42. The van der Waals surface area contributed by atoms with Gasteiger partial charge in [-0.05, 0) is 12.8 Å². The summed E-state index contributed by atoms with van der Waals surface area (Å²) in [4.78, 5) is 34.1. The summed E-state index contributed by atoms with van der Waals surface area (Å²) in [7, 11) is 0. The number of urea groups is 1. The molecule has 0 aliphatic carbocycles. The minimum Gasteiger partial charge on any atom is -0.481 e. The van der Waals surface area contributed by atoms with Crippen molar-refractivity contribution >= 4 is 17.9 Å². The predicted molar refractivity (Wildman–Crippen MR) is 68.1 cm³/mol. The molecule has 20 heavy (non-hydrogen) atoms. The fourth-order valence-corrected chi connectivity index (χ4v) is 2.42. The minimum absolute atomic E-state index is 0.0611. The van der Waals surface area contributed by atoms with Crippen LogP contribution in [0.1, 0.15) is 19.3 Å². The molecular formula is C12H19N3O5. The first-order valence-corrected chi connectivity index (χ1v) is 6.64. The van der Waals surface area contributed by atoms with E-state index in [2.05, 4.69) is 16.0 Å². The van der Waals surface area contributed by atoms with E-state index in [4.69, 9.17) is 4.74 Å². The lowest BCUT2D eigenvalue weighted by Crippen LogP contribution is -2.50. The number of rotatable bonds is 4. The summed E-state index contributed by atoms with van der Waals surface area (Å²) in [6.45, 7) is 1.24. The molecule has 112 valence electrons. The summed E-state index contributed by atoms with van der Waals surface area (Å²) in [5.41, 5.74) is -0.959. The largest absolute Gasteiger partial charge is 0.481 e. The number of hydrogen-bond acceptors (Lipinski definition) is 4. The quantitative estimate of drug-likeness (QED) is 0.531. The molecule has 2 rings (SSSR count). The fraction of sp³-hybridized carbons (Fsp3) is 0.750. The molecule has 2 heterocycles. The molecule has 8 heteroatoms. The van der Waals surface area contributed by atoms with Crippen LogP contribution >= 0.6 is 0 Å². The van der Waals surface area contributed by atoms with Crippen LogP contribution in [-0.4, -0.2) is 55.4 Å². The molecule has 2 aliphatic heterocycles. The van der Waals surface area contributed by atoms with Crippen LogP contribution in [0.15, 0.2) is 0 Å². The average Bonchev–Trinajstić information content (AvgIpc) is 2.83. The van der Waals surface area contributed by atoms with E-state index in [1.54, 1.807) is 0 Å². The van der Waals surface area contributed by atoms with Gasteiger partial charge in [-0.25, -0.2) is 4.79 Å². The Balaban J connectivity index is 1.81. The zero-order valence-corrected chi connectivity index (χ0v) is 11.1. The Kier molecular flexibility index (Phi) is 4.43. The zero-order chi connectivity index (χ0) is 14.6. The van der Waals surface area contributed by atoms with Crippen LogP contribution in [0.3, 0.4) is 0 Å². The van der Waals surface area contributed by atoms with Gasteiger partial charge in [0.25, 0.3) is 0 Å². The molecule has 0 spiro atoms. The third-order valence-corrected chi connectivity index (χ3v) is 3.80. The first-order chi connectivity index (χ1) is 9.52. The second-order valence-corrected chi connectivity index (χ2v) is 5.23. The van der Waals surface area contributed by atoms with Crippen molar-refractivity contribution in [2.24, 2.45) is 5.41 Å². The van der Waals surface area contributed by atoms with Crippen LogP contribution < -0.4 is 16.0 Å². The van der Waals surface area contributed by atoms with Gasteiger partial charge >= 0.3 is 12.0 Å². The van der Waals surface area contributed by atoms with Crippen molar-refractivity contribution < 1.29 is 24.2 Å². The van der Waals surface area contributed by atoms with Gasteiger partial charge in [-0.1, -0.05) is 0 Å². The van der Waals surface area contributed by atoms with Crippen LogP contribution in [0.4, 0.5) is 4.79 Å². The molecule has 4 N–H and O–H groups in total. The molecule has 2 saturated heterocycles. The van der Waals surface area contributed by atoms with Gasteiger partial charge in [-0.15, -0.1) is 0 Å². The standard InChI is InChI=1S/C12H19N3O5/c16-9-5-8(6-13-9)15-11(19)14-7-12(10(17)18)1-3-20-4-2-12/h8H,1-7H2,(H,13,16)(H,17,18)(H2,14,15,19). The molecule has 0 aromatic heterocycles. The predicted octanol–water partition coefficient (Wildman–Crippen LogP) is -0.944. The molecule has 0 bridgehead atoms. The Morgan fingerprint density at radius 3 is 2.65 bits per heavy atom. The SMILES string of the molecule is O=C1CC(NC(=O)NCC2(C(=O)O)CCOCC2)CN1. The lowest BCUT2D eigenvalue weighted by atomic mass is 9.80. The third kappa shape index (κ3) is 3.38. The van der Waals surface area contributed by atoms with Crippen molar-refractivity contribution in [1.82, 2.24) is 16.0 Å². The van der Waals surface area contributed by atoms with Crippen LogP contribution in [0.5, 0.6) is 0 Å². The summed E-state index contributed by atoms with van der Waals surface area (Å²) >= 11 is 0. The van der Waals surface area contributed by atoms with Crippen molar-refractivity contribution in [3.63, 3.8) is 0 Å². The van der Waals surface area contributed by atoms with E-state index in [1.165, 1.54) is 0 Å². The van der Waals surface area contributed by atoms with Crippen molar-refractivity contribution in [3.8, 4) is 0 Å². The van der Waals surface area contributed by atoms with Crippen molar-refractivity contribution in [1.29, 1.82) is 0 Å². The van der Waals surface area contributed by atoms with Crippen molar-refractivity contribution in [2.75, 3.05) is 26.3 Å². The molecule has 3 amide bonds. The number of nitrogens with one attached hydrogen (secondary N) is 3. The normalized spacial score (nSPS) is 24.8. The van der Waals surface area contributed by atoms with Gasteiger partial charge in [-0.2, -0.15) is 0 Å². The van der Waals surface area contributed by atoms with Gasteiger partial charge in [0.15, 0.2) is 0 Å². The summed E-state index contributed by atoms with van der Waals surface area (Å²) < 4.78 is 5.16. The lowest BCUT2D eigenvalue weighted by Gasteiger charge is -2.33. The van der Waals surface area contributed by atoms with E-state index in [0.29, 0.717) is 32.6 Å². The van der Waals surface area contributed by atoms with Crippen LogP contribution in [0.2, 0.25) is 0 Å². The summed E-state index contributed by atoms with van der Waals surface area (Å²) in [5, 5.41) is 17.2. The molecule has 0 aromatic carbocycles. The molecule has 0 radical (unpaired) electrons. The third-order valence-electron chi connectivity index (χ3n) is 3.80. The summed E-state index contributed by atoms with van der Waals surface area (Å²) in [6, 6.07) is -0.684. The molecule has 2 aliphatic rings. The maximum absolute atomic E-state index is 11.7. The second-order valence-electron chi connectivity index (χ2n) is 5.23. The first kappa shape index (κ1) is 14.6. The van der Waals surface area contributed by atoms with Gasteiger partial charge in [0.2, 0.25) is 5.91 Å². The zero-order valence-electron chi connectivity index (χ0n) is 11.1. The highest BCUT2D eigenvalue weighted by Crippen LogP contribution is 2.29. The minimum atomic E-state index is -0.959. The maximum atomic E-state index is 11.7. The van der Waals surface area contributed by atoms with Crippen LogP contribution in [-0.2, 0) is 14.3 Å².